The zero-order valence-electron chi connectivity index (χ0n) is 18.6. The molecule has 7 heteroatoms. The maximum absolute atomic E-state index is 12.8. The standard InChI is InChI=1S/C27H23N5OS/c1-18-10-11-19-14-22(12-13-25(19)28-18)30-27(33)20-6-5-9-24(15-20)34-17-23-16-26(32-31-23)29-21-7-3-2-4-8-21/h2-16H,17H2,1H3,(H,30,33)(H2,29,31,32). The Hall–Kier alpha value is -4.10. The SMILES string of the molecule is Cc1ccc2cc(NC(=O)c3cccc(SCc4cc(Nc5ccccc5)n[nH]4)c3)ccc2n1. The number of anilines is 3. The number of para-hydroxylation sites is 1. The van der Waals surface area contributed by atoms with Crippen LogP contribution < -0.4 is 10.6 Å². The van der Waals surface area contributed by atoms with Gasteiger partial charge in [-0.15, -0.1) is 11.8 Å². The Bertz CT molecular complexity index is 1450. The minimum Gasteiger partial charge on any atom is -0.339 e. The molecule has 0 radical (unpaired) electrons. The fourth-order valence-electron chi connectivity index (χ4n) is 3.57. The Morgan fingerprint density at radius 1 is 0.912 bits per heavy atom. The molecule has 5 aromatic rings. The van der Waals surface area contributed by atoms with Crippen LogP contribution in [-0.4, -0.2) is 21.1 Å². The molecule has 0 aliphatic heterocycles. The fraction of sp³-hybridized carbons (Fsp3) is 0.0741. The summed E-state index contributed by atoms with van der Waals surface area (Å²) in [5.74, 6) is 1.35. The first-order chi connectivity index (χ1) is 16.6. The summed E-state index contributed by atoms with van der Waals surface area (Å²) in [6.45, 7) is 1.97. The topological polar surface area (TPSA) is 82.7 Å². The molecule has 0 atom stereocenters. The Labute approximate surface area is 201 Å². The lowest BCUT2D eigenvalue weighted by atomic mass is 10.1. The minimum absolute atomic E-state index is 0.141. The summed E-state index contributed by atoms with van der Waals surface area (Å²) in [5, 5.41) is 14.7. The van der Waals surface area contributed by atoms with Crippen LogP contribution >= 0.6 is 11.8 Å². The number of benzene rings is 3. The van der Waals surface area contributed by atoms with Crippen LogP contribution in [0.4, 0.5) is 17.2 Å². The molecule has 0 bridgehead atoms. The smallest absolute Gasteiger partial charge is 0.255 e. The Kier molecular flexibility index (Phi) is 6.27. The van der Waals surface area contributed by atoms with Gasteiger partial charge in [0.2, 0.25) is 0 Å². The first-order valence-corrected chi connectivity index (χ1v) is 11.9. The van der Waals surface area contributed by atoms with Crippen molar-refractivity contribution in [2.24, 2.45) is 0 Å². The van der Waals surface area contributed by atoms with Gasteiger partial charge in [-0.3, -0.25) is 14.9 Å². The number of pyridine rings is 1. The van der Waals surface area contributed by atoms with E-state index in [4.69, 9.17) is 0 Å². The van der Waals surface area contributed by atoms with E-state index in [1.54, 1.807) is 11.8 Å². The highest BCUT2D eigenvalue weighted by atomic mass is 32.2. The second-order valence-electron chi connectivity index (χ2n) is 7.90. The predicted octanol–water partition coefficient (Wildman–Crippen LogP) is 6.55. The molecule has 0 spiro atoms. The third-order valence-electron chi connectivity index (χ3n) is 5.25. The summed E-state index contributed by atoms with van der Waals surface area (Å²) < 4.78 is 0. The maximum Gasteiger partial charge on any atom is 0.255 e. The fourth-order valence-corrected chi connectivity index (χ4v) is 4.42. The predicted molar refractivity (Wildman–Crippen MR) is 139 cm³/mol. The van der Waals surface area contributed by atoms with Crippen LogP contribution in [0.25, 0.3) is 10.9 Å². The summed E-state index contributed by atoms with van der Waals surface area (Å²) in [6, 6.07) is 29.3. The number of aromatic nitrogens is 3. The number of hydrogen-bond acceptors (Lipinski definition) is 5. The molecule has 3 N–H and O–H groups in total. The lowest BCUT2D eigenvalue weighted by Gasteiger charge is -2.08. The lowest BCUT2D eigenvalue weighted by molar-refractivity contribution is 0.102. The molecule has 168 valence electrons. The summed E-state index contributed by atoms with van der Waals surface area (Å²) in [7, 11) is 0. The van der Waals surface area contributed by atoms with Gasteiger partial charge in [-0.2, -0.15) is 5.10 Å². The lowest BCUT2D eigenvalue weighted by Crippen LogP contribution is -2.11. The third-order valence-corrected chi connectivity index (χ3v) is 6.30. The van der Waals surface area contributed by atoms with Crippen molar-refractivity contribution in [1.29, 1.82) is 0 Å². The highest BCUT2D eigenvalue weighted by molar-refractivity contribution is 7.98. The molecule has 2 heterocycles. The van der Waals surface area contributed by atoms with Gasteiger partial charge in [0.05, 0.1) is 5.52 Å². The number of rotatable bonds is 7. The van der Waals surface area contributed by atoms with Crippen molar-refractivity contribution in [1.82, 2.24) is 15.2 Å². The number of thioether (sulfide) groups is 1. The van der Waals surface area contributed by atoms with Crippen LogP contribution in [0, 0.1) is 6.92 Å². The van der Waals surface area contributed by atoms with Crippen LogP contribution in [0.15, 0.2) is 95.9 Å². The van der Waals surface area contributed by atoms with Crippen LogP contribution in [0.1, 0.15) is 21.7 Å². The monoisotopic (exact) mass is 465 g/mol. The number of amides is 1. The molecule has 34 heavy (non-hydrogen) atoms. The van der Waals surface area contributed by atoms with E-state index >= 15 is 0 Å². The summed E-state index contributed by atoms with van der Waals surface area (Å²) >= 11 is 1.65. The highest BCUT2D eigenvalue weighted by Gasteiger charge is 2.09. The molecule has 0 aliphatic rings. The summed E-state index contributed by atoms with van der Waals surface area (Å²) in [4.78, 5) is 18.4. The van der Waals surface area contributed by atoms with E-state index < -0.39 is 0 Å². The number of carbonyl (C=O) groups excluding carboxylic acids is 1. The molecule has 6 nitrogen and oxygen atoms in total. The molecule has 0 aliphatic carbocycles. The van der Waals surface area contributed by atoms with Gasteiger partial charge < -0.3 is 10.6 Å². The average Bonchev–Trinajstić information content (AvgIpc) is 3.31. The van der Waals surface area contributed by atoms with Gasteiger partial charge in [-0.1, -0.05) is 30.3 Å². The molecule has 0 fully saturated rings. The van der Waals surface area contributed by atoms with Crippen LogP contribution in [0.5, 0.6) is 0 Å². The number of nitrogens with one attached hydrogen (secondary N) is 3. The number of aryl methyl sites for hydroxylation is 1. The van der Waals surface area contributed by atoms with Crippen LogP contribution in [0.3, 0.4) is 0 Å². The maximum atomic E-state index is 12.8. The number of fused-ring (bicyclic) bond motifs is 1. The van der Waals surface area contributed by atoms with E-state index in [0.717, 1.165) is 44.4 Å². The number of H-pyrrole nitrogens is 1. The minimum atomic E-state index is -0.141. The quantitative estimate of drug-likeness (QED) is 0.237. The van der Waals surface area contributed by atoms with Crippen molar-refractivity contribution in [2.75, 3.05) is 10.6 Å². The second kappa shape index (κ2) is 9.80. The summed E-state index contributed by atoms with van der Waals surface area (Å²) in [5.41, 5.74) is 5.23. The number of carbonyl (C=O) groups is 1. The normalized spacial score (nSPS) is 10.9. The van der Waals surface area contributed by atoms with E-state index in [0.29, 0.717) is 11.3 Å². The van der Waals surface area contributed by atoms with Gasteiger partial charge in [0.25, 0.3) is 5.91 Å². The Morgan fingerprint density at radius 3 is 2.68 bits per heavy atom. The van der Waals surface area contributed by atoms with Crippen molar-refractivity contribution in [3.05, 3.63) is 108 Å². The number of aromatic amines is 1. The molecule has 3 aromatic carbocycles. The first-order valence-electron chi connectivity index (χ1n) is 10.9. The third kappa shape index (κ3) is 5.27. The van der Waals surface area contributed by atoms with Crippen LogP contribution in [-0.2, 0) is 5.75 Å². The molecule has 0 saturated heterocycles. The van der Waals surface area contributed by atoms with Gasteiger partial charge in [0.1, 0.15) is 0 Å². The number of hydrogen-bond donors (Lipinski definition) is 3. The molecule has 0 saturated carbocycles. The van der Waals surface area contributed by atoms with Gasteiger partial charge in [0, 0.05) is 50.4 Å². The largest absolute Gasteiger partial charge is 0.339 e. The zero-order chi connectivity index (χ0) is 23.3. The van der Waals surface area contributed by atoms with Crippen molar-refractivity contribution in [3.63, 3.8) is 0 Å². The molecular formula is C27H23N5OS. The van der Waals surface area contributed by atoms with E-state index in [-0.39, 0.29) is 5.91 Å². The van der Waals surface area contributed by atoms with E-state index in [9.17, 15) is 4.79 Å². The second-order valence-corrected chi connectivity index (χ2v) is 8.95. The van der Waals surface area contributed by atoms with E-state index in [2.05, 4.69) is 25.8 Å². The average molecular weight is 466 g/mol. The van der Waals surface area contributed by atoms with Gasteiger partial charge in [0.15, 0.2) is 5.82 Å². The highest BCUT2D eigenvalue weighted by Crippen LogP contribution is 2.25. The first kappa shape index (κ1) is 21.7. The molecule has 1 amide bonds. The summed E-state index contributed by atoms with van der Waals surface area (Å²) in [6.07, 6.45) is 0. The van der Waals surface area contributed by atoms with Crippen molar-refractivity contribution in [2.45, 2.75) is 17.6 Å². The van der Waals surface area contributed by atoms with Gasteiger partial charge in [-0.25, -0.2) is 0 Å². The Morgan fingerprint density at radius 2 is 1.79 bits per heavy atom. The van der Waals surface area contributed by atoms with Gasteiger partial charge in [-0.05, 0) is 61.5 Å². The Balaban J connectivity index is 1.21. The zero-order valence-corrected chi connectivity index (χ0v) is 19.4. The van der Waals surface area contributed by atoms with E-state index in [1.807, 2.05) is 97.9 Å². The van der Waals surface area contributed by atoms with E-state index in [1.165, 1.54) is 0 Å². The van der Waals surface area contributed by atoms with Crippen molar-refractivity contribution >= 4 is 45.8 Å². The van der Waals surface area contributed by atoms with Crippen molar-refractivity contribution in [3.8, 4) is 0 Å². The molecule has 2 aromatic heterocycles. The molecule has 0 unspecified atom stereocenters. The van der Waals surface area contributed by atoms with Crippen LogP contribution in [0.2, 0.25) is 0 Å². The number of nitrogens with zero attached hydrogens (tertiary/aromatic N) is 2. The van der Waals surface area contributed by atoms with Gasteiger partial charge >= 0.3 is 0 Å². The van der Waals surface area contributed by atoms with Crippen molar-refractivity contribution < 1.29 is 4.79 Å². The molecular weight excluding hydrogens is 442 g/mol. The molecule has 5 rings (SSSR count).